The molecule has 1 unspecified atom stereocenters. The normalized spacial score (nSPS) is 15.4. The largest absolute Gasteiger partial charge is 0.360 e. The first kappa shape index (κ1) is 15.6. The van der Waals surface area contributed by atoms with Crippen LogP contribution in [0.4, 0.5) is 0 Å². The van der Waals surface area contributed by atoms with E-state index in [1.807, 2.05) is 31.3 Å². The van der Waals surface area contributed by atoms with Gasteiger partial charge in [0.2, 0.25) is 5.78 Å². The fraction of sp³-hybridized carbons (Fsp3) is 0.368. The molecule has 3 aromatic rings. The second-order valence-electron chi connectivity index (χ2n) is 6.44. The number of hydrogen-bond acceptors (Lipinski definition) is 5. The number of fused-ring (bicyclic) bond motifs is 2. The van der Waals surface area contributed by atoms with Crippen LogP contribution in [0.1, 0.15) is 52.8 Å². The van der Waals surface area contributed by atoms with E-state index in [4.69, 9.17) is 4.52 Å². The van der Waals surface area contributed by atoms with Gasteiger partial charge in [0.05, 0.1) is 17.1 Å². The lowest BCUT2D eigenvalue weighted by Crippen LogP contribution is -2.17. The van der Waals surface area contributed by atoms with Crippen molar-refractivity contribution in [2.75, 3.05) is 0 Å². The maximum absolute atomic E-state index is 13.1. The van der Waals surface area contributed by atoms with Gasteiger partial charge in [0, 0.05) is 19.0 Å². The average Bonchev–Trinajstić information content (AvgIpc) is 3.09. The summed E-state index contributed by atoms with van der Waals surface area (Å²) < 4.78 is 7.21. The number of Topliss-reactive ketones (excluding diaryl/α,β-unsaturated/α-hetero) is 1. The molecule has 0 aliphatic heterocycles. The predicted octanol–water partition coefficient (Wildman–Crippen LogP) is 3.32. The van der Waals surface area contributed by atoms with E-state index < -0.39 is 5.92 Å². The molecule has 1 atom stereocenters. The zero-order chi connectivity index (χ0) is 17.4. The Morgan fingerprint density at radius 1 is 1.28 bits per heavy atom. The van der Waals surface area contributed by atoms with Crippen molar-refractivity contribution in [2.24, 2.45) is 7.05 Å². The molecule has 0 saturated carbocycles. The van der Waals surface area contributed by atoms with Crippen molar-refractivity contribution >= 4 is 16.8 Å². The van der Waals surface area contributed by atoms with Gasteiger partial charge < -0.3 is 9.09 Å². The third-order valence-electron chi connectivity index (χ3n) is 4.90. The lowest BCUT2D eigenvalue weighted by atomic mass is 9.97. The number of nitriles is 1. The molecular weight excluding hydrogens is 316 g/mol. The summed E-state index contributed by atoms with van der Waals surface area (Å²) in [7, 11) is 1.82. The molecule has 1 aromatic carbocycles. The number of aromatic nitrogens is 3. The Morgan fingerprint density at radius 2 is 2.08 bits per heavy atom. The Hall–Kier alpha value is -2.94. The number of hydrogen-bond donors (Lipinski definition) is 0. The van der Waals surface area contributed by atoms with Crippen LogP contribution in [0.5, 0.6) is 0 Å². The Bertz CT molecular complexity index is 993. The average molecular weight is 334 g/mol. The van der Waals surface area contributed by atoms with Crippen molar-refractivity contribution < 1.29 is 9.32 Å². The molecule has 6 heteroatoms. The molecule has 4 rings (SSSR count). The number of para-hydroxylation sites is 2. The molecule has 6 nitrogen and oxygen atoms in total. The van der Waals surface area contributed by atoms with E-state index in [1.54, 1.807) is 4.57 Å². The number of carbonyl (C=O) groups is 1. The molecule has 0 saturated heterocycles. The van der Waals surface area contributed by atoms with Crippen molar-refractivity contribution in [1.82, 2.24) is 14.7 Å². The molecule has 0 bridgehead atoms. The molecule has 0 N–H and O–H groups in total. The van der Waals surface area contributed by atoms with Crippen LogP contribution in [0.25, 0.3) is 11.0 Å². The number of nitrogens with zero attached hydrogens (tertiary/aromatic N) is 4. The summed E-state index contributed by atoms with van der Waals surface area (Å²) in [5.41, 5.74) is 2.84. The Labute approximate surface area is 145 Å². The first-order valence-corrected chi connectivity index (χ1v) is 8.53. The van der Waals surface area contributed by atoms with Crippen molar-refractivity contribution in [2.45, 2.75) is 38.0 Å². The fourth-order valence-electron chi connectivity index (χ4n) is 3.55. The third-order valence-corrected chi connectivity index (χ3v) is 4.90. The van der Waals surface area contributed by atoms with E-state index in [-0.39, 0.29) is 5.78 Å². The Balaban J connectivity index is 1.76. The van der Waals surface area contributed by atoms with Crippen molar-refractivity contribution in [3.63, 3.8) is 0 Å². The smallest absolute Gasteiger partial charge is 0.209 e. The highest BCUT2D eigenvalue weighted by atomic mass is 16.5. The van der Waals surface area contributed by atoms with Crippen LogP contribution in [0.3, 0.4) is 0 Å². The molecular formula is C19H18N4O2. The first-order valence-electron chi connectivity index (χ1n) is 8.53. The van der Waals surface area contributed by atoms with Gasteiger partial charge in [0.1, 0.15) is 11.6 Å². The van der Waals surface area contributed by atoms with Crippen LogP contribution in [0, 0.1) is 11.3 Å². The van der Waals surface area contributed by atoms with Crippen LogP contribution < -0.4 is 0 Å². The number of aryl methyl sites for hydroxylation is 2. The summed E-state index contributed by atoms with van der Waals surface area (Å²) in [6, 6.07) is 9.71. The number of ketones is 1. The van der Waals surface area contributed by atoms with Crippen molar-refractivity contribution in [3.8, 4) is 6.07 Å². The van der Waals surface area contributed by atoms with Gasteiger partial charge in [-0.25, -0.2) is 4.98 Å². The third kappa shape index (κ3) is 2.52. The van der Waals surface area contributed by atoms with Gasteiger partial charge in [-0.1, -0.05) is 23.7 Å². The van der Waals surface area contributed by atoms with Gasteiger partial charge in [-0.05, 0) is 31.4 Å². The number of rotatable bonds is 3. The Morgan fingerprint density at radius 3 is 2.88 bits per heavy atom. The zero-order valence-electron chi connectivity index (χ0n) is 14.0. The second kappa shape index (κ2) is 6.17. The molecule has 1 aliphatic rings. The second-order valence-corrected chi connectivity index (χ2v) is 6.44. The minimum absolute atomic E-state index is 0.301. The lowest BCUT2D eigenvalue weighted by Gasteiger charge is -2.08. The molecule has 126 valence electrons. The van der Waals surface area contributed by atoms with E-state index in [9.17, 15) is 10.1 Å². The van der Waals surface area contributed by atoms with Crippen LogP contribution in [0.2, 0.25) is 0 Å². The topological polar surface area (TPSA) is 84.7 Å². The van der Waals surface area contributed by atoms with Gasteiger partial charge >= 0.3 is 0 Å². The number of carbonyl (C=O) groups excluding carboxylic acids is 1. The van der Waals surface area contributed by atoms with Crippen molar-refractivity contribution in [3.05, 3.63) is 47.1 Å². The molecule has 0 fully saturated rings. The van der Waals surface area contributed by atoms with Gasteiger partial charge in [-0.2, -0.15) is 5.26 Å². The SMILES string of the molecule is Cn1c(C(C#N)C(=O)c2noc3c2CCCCC3)nc2ccccc21. The highest BCUT2D eigenvalue weighted by Gasteiger charge is 2.32. The first-order chi connectivity index (χ1) is 12.2. The van der Waals surface area contributed by atoms with Gasteiger partial charge in [-0.15, -0.1) is 0 Å². The summed E-state index contributed by atoms with van der Waals surface area (Å²) in [4.78, 5) is 17.6. The molecule has 0 spiro atoms. The minimum Gasteiger partial charge on any atom is -0.360 e. The van der Waals surface area contributed by atoms with E-state index in [2.05, 4.69) is 16.2 Å². The van der Waals surface area contributed by atoms with E-state index in [0.717, 1.165) is 54.5 Å². The zero-order valence-corrected chi connectivity index (χ0v) is 14.0. The lowest BCUT2D eigenvalue weighted by molar-refractivity contribution is 0.0965. The van der Waals surface area contributed by atoms with Crippen LogP contribution in [-0.2, 0) is 19.9 Å². The molecule has 0 amide bonds. The summed E-state index contributed by atoms with van der Waals surface area (Å²) in [6.07, 6.45) is 4.75. The number of benzene rings is 1. The van der Waals surface area contributed by atoms with Crippen LogP contribution in [0.15, 0.2) is 28.8 Å². The van der Waals surface area contributed by atoms with E-state index >= 15 is 0 Å². The van der Waals surface area contributed by atoms with E-state index in [1.165, 1.54) is 0 Å². The van der Waals surface area contributed by atoms with E-state index in [0.29, 0.717) is 11.5 Å². The molecule has 2 heterocycles. The van der Waals surface area contributed by atoms with Crippen LogP contribution >= 0.6 is 0 Å². The van der Waals surface area contributed by atoms with Crippen molar-refractivity contribution in [1.29, 1.82) is 5.26 Å². The minimum atomic E-state index is -0.991. The fourth-order valence-corrected chi connectivity index (χ4v) is 3.55. The van der Waals surface area contributed by atoms with Crippen LogP contribution in [-0.4, -0.2) is 20.5 Å². The standard InChI is InChI=1S/C19H18N4O2/c1-23-15-9-6-5-8-14(15)21-19(23)13(11-20)18(24)17-12-7-3-2-4-10-16(12)25-22-17/h5-6,8-9,13H,2-4,7,10H2,1H3. The summed E-state index contributed by atoms with van der Waals surface area (Å²) >= 11 is 0. The monoisotopic (exact) mass is 334 g/mol. The van der Waals surface area contributed by atoms with Gasteiger partial charge in [0.25, 0.3) is 0 Å². The maximum atomic E-state index is 13.1. The molecule has 1 aliphatic carbocycles. The quantitative estimate of drug-likeness (QED) is 0.542. The summed E-state index contributed by atoms with van der Waals surface area (Å²) in [5, 5.41) is 13.7. The number of imidazole rings is 1. The van der Waals surface area contributed by atoms with Gasteiger partial charge in [0.15, 0.2) is 11.6 Å². The Kier molecular flexibility index (Phi) is 3.85. The molecule has 0 radical (unpaired) electrons. The molecule has 25 heavy (non-hydrogen) atoms. The summed E-state index contributed by atoms with van der Waals surface area (Å²) in [5.74, 6) is -0.0794. The maximum Gasteiger partial charge on any atom is 0.209 e. The highest BCUT2D eigenvalue weighted by Crippen LogP contribution is 2.29. The van der Waals surface area contributed by atoms with Gasteiger partial charge in [-0.3, -0.25) is 4.79 Å². The predicted molar refractivity (Wildman–Crippen MR) is 91.2 cm³/mol. The highest BCUT2D eigenvalue weighted by molar-refractivity contribution is 6.02. The summed E-state index contributed by atoms with van der Waals surface area (Å²) in [6.45, 7) is 0. The molecule has 2 aromatic heterocycles.